The summed E-state index contributed by atoms with van der Waals surface area (Å²) in [5, 5.41) is 2.02. The highest BCUT2D eigenvalue weighted by Crippen LogP contribution is 2.16. The number of nitrogens with zero attached hydrogens (tertiary/aromatic N) is 1. The van der Waals surface area contributed by atoms with Crippen molar-refractivity contribution < 1.29 is 0 Å². The number of rotatable bonds is 6. The Morgan fingerprint density at radius 3 is 2.62 bits per heavy atom. The second-order valence-electron chi connectivity index (χ2n) is 3.57. The van der Waals surface area contributed by atoms with Crippen LogP contribution >= 0.6 is 0 Å². The van der Waals surface area contributed by atoms with E-state index in [9.17, 15) is 0 Å². The molecule has 2 heteroatoms. The van der Waals surface area contributed by atoms with Gasteiger partial charge < -0.3 is 0 Å². The van der Waals surface area contributed by atoms with Crippen molar-refractivity contribution in [1.29, 1.82) is 0 Å². The fraction of sp³-hybridized carbons (Fsp3) is 0.286. The molecule has 2 nitrogen and oxygen atoms in total. The van der Waals surface area contributed by atoms with E-state index in [1.54, 1.807) is 0 Å². The summed E-state index contributed by atoms with van der Waals surface area (Å²) in [7, 11) is 0. The van der Waals surface area contributed by atoms with Gasteiger partial charge in [0.1, 0.15) is 0 Å². The van der Waals surface area contributed by atoms with E-state index in [1.165, 1.54) is 0 Å². The summed E-state index contributed by atoms with van der Waals surface area (Å²) < 4.78 is 0. The summed E-state index contributed by atoms with van der Waals surface area (Å²) in [5.41, 5.74) is 5.41. The highest BCUT2D eigenvalue weighted by atomic mass is 15.5. The molecule has 0 aromatic heterocycles. The van der Waals surface area contributed by atoms with Crippen LogP contribution in [0.15, 0.2) is 54.8 Å². The third-order valence-corrected chi connectivity index (χ3v) is 2.18. The SMILES string of the molecule is C=C(/C=C\C)N(NCCC)c1ccccc1. The minimum absolute atomic E-state index is 0.936. The van der Waals surface area contributed by atoms with Gasteiger partial charge in [-0.3, -0.25) is 5.01 Å². The van der Waals surface area contributed by atoms with Gasteiger partial charge in [-0.2, -0.15) is 0 Å². The number of benzene rings is 1. The number of hydrogen-bond donors (Lipinski definition) is 1. The van der Waals surface area contributed by atoms with Gasteiger partial charge in [-0.05, 0) is 31.6 Å². The van der Waals surface area contributed by atoms with E-state index in [1.807, 2.05) is 42.3 Å². The van der Waals surface area contributed by atoms with Gasteiger partial charge in [-0.25, -0.2) is 5.43 Å². The predicted octanol–water partition coefficient (Wildman–Crippen LogP) is 3.50. The predicted molar refractivity (Wildman–Crippen MR) is 71.2 cm³/mol. The molecule has 0 aliphatic heterocycles. The first-order valence-corrected chi connectivity index (χ1v) is 5.70. The number of nitrogens with one attached hydrogen (secondary N) is 1. The quantitative estimate of drug-likeness (QED) is 0.578. The van der Waals surface area contributed by atoms with Crippen LogP contribution in [-0.4, -0.2) is 6.54 Å². The highest BCUT2D eigenvalue weighted by molar-refractivity contribution is 5.52. The summed E-state index contributed by atoms with van der Waals surface area (Å²) in [5.74, 6) is 0. The molecule has 0 heterocycles. The minimum atomic E-state index is 0.936. The summed E-state index contributed by atoms with van der Waals surface area (Å²) in [6.07, 6.45) is 5.08. The van der Waals surface area contributed by atoms with Crippen molar-refractivity contribution in [2.75, 3.05) is 11.6 Å². The molecule has 0 bridgehead atoms. The molecule has 0 spiro atoms. The number of hydrazine groups is 1. The molecule has 1 rings (SSSR count). The number of anilines is 1. The Labute approximate surface area is 98.3 Å². The lowest BCUT2D eigenvalue weighted by molar-refractivity contribution is 0.671. The van der Waals surface area contributed by atoms with Gasteiger partial charge in [0.15, 0.2) is 0 Å². The van der Waals surface area contributed by atoms with Crippen LogP contribution in [0.4, 0.5) is 5.69 Å². The van der Waals surface area contributed by atoms with E-state index in [4.69, 9.17) is 0 Å². The summed E-state index contributed by atoms with van der Waals surface area (Å²) in [4.78, 5) is 0. The monoisotopic (exact) mass is 216 g/mol. The van der Waals surface area contributed by atoms with Crippen molar-refractivity contribution >= 4 is 5.69 Å². The standard InChI is InChI=1S/C14H20N2/c1-4-9-13(3)16(15-12-5-2)14-10-7-6-8-11-14/h4,6-11,15H,3,5,12H2,1-2H3/b9-4-. The maximum absolute atomic E-state index is 4.05. The van der Waals surface area contributed by atoms with Crippen LogP contribution < -0.4 is 10.4 Å². The normalized spacial score (nSPS) is 10.6. The second kappa shape index (κ2) is 6.85. The number of para-hydroxylation sites is 1. The van der Waals surface area contributed by atoms with Crippen molar-refractivity contribution in [3.63, 3.8) is 0 Å². The van der Waals surface area contributed by atoms with Gasteiger partial charge in [0.2, 0.25) is 0 Å². The zero-order chi connectivity index (χ0) is 11.8. The van der Waals surface area contributed by atoms with Gasteiger partial charge >= 0.3 is 0 Å². The van der Waals surface area contributed by atoms with Crippen molar-refractivity contribution in [1.82, 2.24) is 5.43 Å². The molecule has 86 valence electrons. The largest absolute Gasteiger partial charge is 0.278 e. The molecule has 0 fully saturated rings. The van der Waals surface area contributed by atoms with Crippen molar-refractivity contribution in [3.8, 4) is 0 Å². The van der Waals surface area contributed by atoms with Crippen LogP contribution in [0.1, 0.15) is 20.3 Å². The van der Waals surface area contributed by atoms with Crippen molar-refractivity contribution in [2.24, 2.45) is 0 Å². The Hall–Kier alpha value is -1.54. The Morgan fingerprint density at radius 1 is 1.38 bits per heavy atom. The van der Waals surface area contributed by atoms with Crippen molar-refractivity contribution in [2.45, 2.75) is 20.3 Å². The maximum Gasteiger partial charge on any atom is 0.0577 e. The molecule has 1 N–H and O–H groups in total. The molecular formula is C14H20N2. The third-order valence-electron chi connectivity index (χ3n) is 2.18. The summed E-state index contributed by atoms with van der Waals surface area (Å²) >= 11 is 0. The molecule has 0 amide bonds. The molecule has 1 aromatic carbocycles. The Bertz CT molecular complexity index is 341. The van der Waals surface area contributed by atoms with E-state index < -0.39 is 0 Å². The average molecular weight is 216 g/mol. The van der Waals surface area contributed by atoms with E-state index in [-0.39, 0.29) is 0 Å². The fourth-order valence-electron chi connectivity index (χ4n) is 1.43. The van der Waals surface area contributed by atoms with E-state index in [0.717, 1.165) is 24.4 Å². The number of hydrogen-bond acceptors (Lipinski definition) is 2. The Kier molecular flexibility index (Phi) is 5.37. The van der Waals surface area contributed by atoms with Crippen molar-refractivity contribution in [3.05, 3.63) is 54.8 Å². The van der Waals surface area contributed by atoms with E-state index in [0.29, 0.717) is 0 Å². The lowest BCUT2D eigenvalue weighted by Gasteiger charge is -2.25. The minimum Gasteiger partial charge on any atom is -0.278 e. The Balaban J connectivity index is 2.83. The van der Waals surface area contributed by atoms with Gasteiger partial charge in [0.25, 0.3) is 0 Å². The summed E-state index contributed by atoms with van der Waals surface area (Å²) in [6.45, 7) is 9.13. The topological polar surface area (TPSA) is 15.3 Å². The van der Waals surface area contributed by atoms with Crippen LogP contribution in [0.3, 0.4) is 0 Å². The van der Waals surface area contributed by atoms with Crippen LogP contribution in [0.5, 0.6) is 0 Å². The first-order valence-electron chi connectivity index (χ1n) is 5.70. The fourth-order valence-corrected chi connectivity index (χ4v) is 1.43. The van der Waals surface area contributed by atoms with Crippen LogP contribution in [0.25, 0.3) is 0 Å². The molecule has 0 saturated carbocycles. The average Bonchev–Trinajstić information content (AvgIpc) is 2.31. The van der Waals surface area contributed by atoms with Gasteiger partial charge in [-0.15, -0.1) is 0 Å². The lowest BCUT2D eigenvalue weighted by Crippen LogP contribution is -2.37. The zero-order valence-corrected chi connectivity index (χ0v) is 10.1. The van der Waals surface area contributed by atoms with Gasteiger partial charge in [-0.1, -0.05) is 37.8 Å². The van der Waals surface area contributed by atoms with Crippen LogP contribution in [-0.2, 0) is 0 Å². The van der Waals surface area contributed by atoms with E-state index in [2.05, 4.69) is 31.1 Å². The first kappa shape index (κ1) is 12.5. The molecule has 1 aromatic rings. The smallest absolute Gasteiger partial charge is 0.0577 e. The molecule has 0 unspecified atom stereocenters. The first-order chi connectivity index (χ1) is 7.79. The zero-order valence-electron chi connectivity index (χ0n) is 10.1. The van der Waals surface area contributed by atoms with Gasteiger partial charge in [0, 0.05) is 6.54 Å². The molecule has 16 heavy (non-hydrogen) atoms. The molecular weight excluding hydrogens is 196 g/mol. The van der Waals surface area contributed by atoms with Gasteiger partial charge in [0.05, 0.1) is 11.4 Å². The third kappa shape index (κ3) is 3.55. The highest BCUT2D eigenvalue weighted by Gasteiger charge is 2.05. The molecule has 0 radical (unpaired) electrons. The summed E-state index contributed by atoms with van der Waals surface area (Å²) in [6, 6.07) is 10.2. The lowest BCUT2D eigenvalue weighted by atomic mass is 10.3. The Morgan fingerprint density at radius 2 is 2.06 bits per heavy atom. The molecule has 0 aliphatic carbocycles. The van der Waals surface area contributed by atoms with Crippen LogP contribution in [0.2, 0.25) is 0 Å². The number of allylic oxidation sites excluding steroid dienone is 2. The maximum atomic E-state index is 4.05. The van der Waals surface area contributed by atoms with E-state index >= 15 is 0 Å². The molecule has 0 aliphatic rings. The second-order valence-corrected chi connectivity index (χ2v) is 3.57. The molecule has 0 saturated heterocycles. The van der Waals surface area contributed by atoms with Crippen LogP contribution in [0, 0.1) is 0 Å². The molecule has 0 atom stereocenters.